The number of nitrogens with one attached hydrogen (secondary N) is 2. The van der Waals surface area contributed by atoms with E-state index < -0.39 is 0 Å². The third-order valence-corrected chi connectivity index (χ3v) is 9.91. The van der Waals surface area contributed by atoms with Gasteiger partial charge in [0.05, 0.1) is 39.8 Å². The van der Waals surface area contributed by atoms with Gasteiger partial charge < -0.3 is 41.0 Å². The molecule has 6 rings (SSSR count). The van der Waals surface area contributed by atoms with Crippen molar-refractivity contribution in [3.8, 4) is 23.3 Å². The summed E-state index contributed by atoms with van der Waals surface area (Å²) in [7, 11) is 6.43. The Balaban J connectivity index is 0.000000274. The molecule has 0 fully saturated rings. The summed E-state index contributed by atoms with van der Waals surface area (Å²) >= 11 is 12.6. The van der Waals surface area contributed by atoms with Gasteiger partial charge in [-0.15, -0.1) is 0 Å². The van der Waals surface area contributed by atoms with Gasteiger partial charge in [-0.25, -0.2) is 19.9 Å². The second kappa shape index (κ2) is 21.2. The van der Waals surface area contributed by atoms with Gasteiger partial charge >= 0.3 is 0 Å². The van der Waals surface area contributed by atoms with Gasteiger partial charge in [0, 0.05) is 49.5 Å². The van der Waals surface area contributed by atoms with Gasteiger partial charge in [0.2, 0.25) is 23.7 Å². The van der Waals surface area contributed by atoms with Crippen molar-refractivity contribution >= 4 is 46.7 Å². The summed E-state index contributed by atoms with van der Waals surface area (Å²) in [5.74, 6) is 4.68. The van der Waals surface area contributed by atoms with E-state index in [0.717, 1.165) is 62.1 Å². The van der Waals surface area contributed by atoms with E-state index in [1.807, 2.05) is 66.9 Å². The standard InChI is InChI=1S/C30H34ClN5O3.C14H18ClN5O/c1-19(2)27-22(15-26(31)29(35-27)39-5)14-23-18-34-30(33-17-21-8-12-25(38-4)13-9-21)36-28(23)32-16-20-6-10-24(37-3)11-7-20;1-7(2)11-8(5-10(15)13(19-11)21-3)4-9-6-18-14(17)20-12(9)16/h6-13,15,18-19H,14,16-17H2,1-5H3,(H2,32,33,34,36);5-7H,4H2,1-3H3,(H4,16,17,18,20). The molecule has 6 aromatic rings. The number of pyridine rings is 2. The summed E-state index contributed by atoms with van der Waals surface area (Å²) in [5, 5.41) is 7.77. The highest BCUT2D eigenvalue weighted by Gasteiger charge is 2.18. The van der Waals surface area contributed by atoms with Crippen LogP contribution in [0.25, 0.3) is 0 Å². The number of benzene rings is 2. The molecule has 4 heterocycles. The van der Waals surface area contributed by atoms with Crippen LogP contribution in [0.4, 0.5) is 23.5 Å². The molecule has 0 unspecified atom stereocenters. The maximum atomic E-state index is 6.46. The lowest BCUT2D eigenvalue weighted by molar-refractivity contribution is 0.395. The molecule has 0 bridgehead atoms. The molecule has 0 spiro atoms. The average Bonchev–Trinajstić information content (AvgIpc) is 3.24. The second-order valence-corrected chi connectivity index (χ2v) is 15.1. The van der Waals surface area contributed by atoms with Crippen LogP contribution in [0, 0.1) is 0 Å². The van der Waals surface area contributed by atoms with Gasteiger partial charge in [-0.05, 0) is 70.5 Å². The average molecular weight is 856 g/mol. The molecule has 0 atom stereocenters. The minimum absolute atomic E-state index is 0.159. The first-order valence-corrected chi connectivity index (χ1v) is 20.0. The Kier molecular flexibility index (Phi) is 15.9. The summed E-state index contributed by atoms with van der Waals surface area (Å²) in [6, 6.07) is 19.6. The molecule has 0 amide bonds. The summed E-state index contributed by atoms with van der Waals surface area (Å²) in [5.41, 5.74) is 19.1. The van der Waals surface area contributed by atoms with Crippen molar-refractivity contribution in [2.24, 2.45) is 0 Å². The topological polar surface area (TPSA) is 190 Å². The monoisotopic (exact) mass is 854 g/mol. The van der Waals surface area contributed by atoms with Crippen LogP contribution < -0.4 is 41.0 Å². The van der Waals surface area contributed by atoms with Gasteiger partial charge in [-0.1, -0.05) is 75.2 Å². The van der Waals surface area contributed by atoms with Crippen molar-refractivity contribution < 1.29 is 18.9 Å². The lowest BCUT2D eigenvalue weighted by Gasteiger charge is -2.17. The normalized spacial score (nSPS) is 10.9. The summed E-state index contributed by atoms with van der Waals surface area (Å²) in [6.45, 7) is 9.49. The molecule has 0 aliphatic heterocycles. The fourth-order valence-corrected chi connectivity index (χ4v) is 6.73. The minimum Gasteiger partial charge on any atom is -0.497 e. The Morgan fingerprint density at radius 2 is 1.03 bits per heavy atom. The third-order valence-electron chi connectivity index (χ3n) is 9.36. The number of hydrogen-bond donors (Lipinski definition) is 4. The number of ether oxygens (including phenoxy) is 4. The molecule has 0 aliphatic carbocycles. The van der Waals surface area contributed by atoms with Gasteiger partial charge in [0.1, 0.15) is 33.2 Å². The second-order valence-electron chi connectivity index (χ2n) is 14.3. The third kappa shape index (κ3) is 12.0. The Morgan fingerprint density at radius 3 is 1.48 bits per heavy atom. The SMILES string of the molecule is COc1ccc(CNc2ncc(Cc3cc(Cl)c(OC)nc3C(C)C)c(NCc3ccc(OC)cc3)n2)cc1.COc1nc(C(C)C)c(Cc2cnc(N)nc2N)cc1Cl. The molecule has 0 saturated carbocycles. The molecular weight excluding hydrogens is 803 g/mol. The van der Waals surface area contributed by atoms with E-state index in [9.17, 15) is 0 Å². The number of nitrogens with zero attached hydrogens (tertiary/aromatic N) is 6. The molecule has 14 nitrogen and oxygen atoms in total. The van der Waals surface area contributed by atoms with Crippen molar-refractivity contribution in [3.05, 3.63) is 128 Å². The van der Waals surface area contributed by atoms with Crippen LogP contribution >= 0.6 is 23.2 Å². The predicted octanol–water partition coefficient (Wildman–Crippen LogP) is 8.90. The Hall–Kier alpha value is -6.12. The highest BCUT2D eigenvalue weighted by molar-refractivity contribution is 6.32. The van der Waals surface area contributed by atoms with Crippen LogP contribution in [0.1, 0.15) is 84.3 Å². The lowest BCUT2D eigenvalue weighted by atomic mass is 9.98. The zero-order valence-corrected chi connectivity index (χ0v) is 36.7. The maximum Gasteiger partial charge on any atom is 0.232 e. The lowest BCUT2D eigenvalue weighted by Crippen LogP contribution is -2.11. The van der Waals surface area contributed by atoms with Gasteiger partial charge in [-0.3, -0.25) is 0 Å². The summed E-state index contributed by atoms with van der Waals surface area (Å²) in [4.78, 5) is 26.5. The van der Waals surface area contributed by atoms with Gasteiger partial charge in [0.25, 0.3) is 0 Å². The Labute approximate surface area is 361 Å². The molecule has 316 valence electrons. The molecule has 60 heavy (non-hydrogen) atoms. The Morgan fingerprint density at radius 1 is 0.567 bits per heavy atom. The van der Waals surface area contributed by atoms with Crippen LogP contribution in [-0.4, -0.2) is 58.3 Å². The number of nitrogens with two attached hydrogens (primary N) is 2. The van der Waals surface area contributed by atoms with Crippen molar-refractivity contribution in [2.75, 3.05) is 50.5 Å². The van der Waals surface area contributed by atoms with Crippen molar-refractivity contribution in [3.63, 3.8) is 0 Å². The molecule has 4 aromatic heterocycles. The molecule has 0 aliphatic rings. The fraction of sp³-hybridized carbons (Fsp3) is 0.318. The van der Waals surface area contributed by atoms with Crippen molar-refractivity contribution in [1.82, 2.24) is 29.9 Å². The van der Waals surface area contributed by atoms with Crippen LogP contribution in [0.5, 0.6) is 23.3 Å². The van der Waals surface area contributed by atoms with E-state index in [4.69, 9.17) is 58.6 Å². The highest BCUT2D eigenvalue weighted by Crippen LogP contribution is 2.32. The molecule has 0 saturated heterocycles. The number of hydrogen-bond acceptors (Lipinski definition) is 14. The zero-order valence-electron chi connectivity index (χ0n) is 35.1. The number of rotatable bonds is 16. The molecule has 0 radical (unpaired) electrons. The van der Waals surface area contributed by atoms with Crippen LogP contribution in [0.3, 0.4) is 0 Å². The summed E-state index contributed by atoms with van der Waals surface area (Å²) < 4.78 is 21.1. The van der Waals surface area contributed by atoms with Crippen molar-refractivity contribution in [1.29, 1.82) is 0 Å². The van der Waals surface area contributed by atoms with Crippen LogP contribution in [0.15, 0.2) is 73.1 Å². The van der Waals surface area contributed by atoms with Gasteiger partial charge in [0.15, 0.2) is 0 Å². The van der Waals surface area contributed by atoms with E-state index in [-0.39, 0.29) is 17.8 Å². The Bertz CT molecular complexity index is 2350. The van der Waals surface area contributed by atoms with Gasteiger partial charge in [-0.2, -0.15) is 9.97 Å². The van der Waals surface area contributed by atoms with E-state index in [1.54, 1.807) is 34.6 Å². The number of nitrogen functional groups attached to an aromatic ring is 2. The van der Waals surface area contributed by atoms with E-state index in [1.165, 1.54) is 0 Å². The van der Waals surface area contributed by atoms with Crippen LogP contribution in [0.2, 0.25) is 10.0 Å². The van der Waals surface area contributed by atoms with Crippen molar-refractivity contribution in [2.45, 2.75) is 65.5 Å². The highest BCUT2D eigenvalue weighted by atomic mass is 35.5. The first-order valence-electron chi connectivity index (χ1n) is 19.2. The van der Waals surface area contributed by atoms with E-state index in [2.05, 4.69) is 63.2 Å². The van der Waals surface area contributed by atoms with E-state index >= 15 is 0 Å². The summed E-state index contributed by atoms with van der Waals surface area (Å²) in [6.07, 6.45) is 4.58. The zero-order chi connectivity index (χ0) is 43.3. The number of anilines is 4. The molecule has 6 N–H and O–H groups in total. The van der Waals surface area contributed by atoms with Crippen LogP contribution in [-0.2, 0) is 25.9 Å². The molecule has 16 heteroatoms. The first kappa shape index (κ1) is 45.0. The number of halogens is 2. The maximum absolute atomic E-state index is 6.46. The molecular formula is C44H52Cl2N10O4. The largest absolute Gasteiger partial charge is 0.497 e. The number of aromatic nitrogens is 6. The minimum atomic E-state index is 0.159. The fourth-order valence-electron chi connectivity index (χ4n) is 6.22. The number of methoxy groups -OCH3 is 4. The first-order chi connectivity index (χ1) is 28.8. The molecule has 2 aromatic carbocycles. The quantitative estimate of drug-likeness (QED) is 0.0722. The predicted molar refractivity (Wildman–Crippen MR) is 239 cm³/mol. The van der Waals surface area contributed by atoms with E-state index in [0.29, 0.717) is 59.5 Å². The smallest absolute Gasteiger partial charge is 0.232 e.